The van der Waals surface area contributed by atoms with E-state index < -0.39 is 15.9 Å². The van der Waals surface area contributed by atoms with Crippen molar-refractivity contribution >= 4 is 15.9 Å². The van der Waals surface area contributed by atoms with Crippen molar-refractivity contribution in [2.75, 3.05) is 6.66 Å². The van der Waals surface area contributed by atoms with E-state index in [0.717, 1.165) is 0 Å². The quantitative estimate of drug-likeness (QED) is 0.528. The summed E-state index contributed by atoms with van der Waals surface area (Å²) in [6.45, 7) is 11.2. The summed E-state index contributed by atoms with van der Waals surface area (Å²) in [4.78, 5) is 0. The fourth-order valence-corrected chi connectivity index (χ4v) is 5.82. The largest absolute Gasteiger partial charge is 0.351 e. The summed E-state index contributed by atoms with van der Waals surface area (Å²) in [5, 5.41) is 0. The normalized spacial score (nSPS) is 17.9. The van der Waals surface area contributed by atoms with Crippen LogP contribution in [0.25, 0.3) is 0 Å². The average molecular weight is 210 g/mol. The minimum atomic E-state index is -2.81. The van der Waals surface area contributed by atoms with E-state index in [-0.39, 0.29) is 6.10 Å². The van der Waals surface area contributed by atoms with Crippen LogP contribution in [0.5, 0.6) is 0 Å². The zero-order chi connectivity index (χ0) is 9.99. The van der Waals surface area contributed by atoms with Crippen LogP contribution < -0.4 is 0 Å². The number of hydrogen-bond donors (Lipinski definition) is 0. The van der Waals surface area contributed by atoms with Crippen molar-refractivity contribution in [2.45, 2.75) is 39.6 Å². The molecule has 0 spiro atoms. The van der Waals surface area contributed by atoms with Gasteiger partial charge >= 0.3 is 7.60 Å². The molecular weight excluding hydrogens is 191 g/mol. The molecule has 12 heavy (non-hydrogen) atoms. The van der Waals surface area contributed by atoms with Gasteiger partial charge in [-0.25, -0.2) is 0 Å². The molecule has 74 valence electrons. The Morgan fingerprint density at radius 1 is 1.25 bits per heavy atom. The van der Waals surface area contributed by atoms with Crippen molar-refractivity contribution in [3.05, 3.63) is 0 Å². The van der Waals surface area contributed by atoms with Gasteiger partial charge in [0.25, 0.3) is 0 Å². The summed E-state index contributed by atoms with van der Waals surface area (Å²) in [5.41, 5.74) is 0. The third-order valence-electron chi connectivity index (χ3n) is 0.842. The van der Waals surface area contributed by atoms with Crippen LogP contribution in [0, 0.1) is 0 Å². The highest BCUT2D eigenvalue weighted by atomic mass is 31.2. The Kier molecular flexibility index (Phi) is 4.17. The maximum Gasteiger partial charge on any atom is 0.318 e. The van der Waals surface area contributed by atoms with Crippen molar-refractivity contribution in [1.82, 2.24) is 0 Å². The fraction of sp³-hybridized carbons (Fsp3) is 1.00. The minimum Gasteiger partial charge on any atom is -0.351 e. The van der Waals surface area contributed by atoms with Crippen LogP contribution in [0.3, 0.4) is 0 Å². The van der Waals surface area contributed by atoms with Crippen LogP contribution in [0.15, 0.2) is 0 Å². The van der Waals surface area contributed by atoms with Gasteiger partial charge in [-0.1, -0.05) is 0 Å². The van der Waals surface area contributed by atoms with E-state index in [2.05, 4.69) is 0 Å². The van der Waals surface area contributed by atoms with E-state index in [1.54, 1.807) is 0 Å². The lowest BCUT2D eigenvalue weighted by Crippen LogP contribution is -2.24. The second-order valence-corrected chi connectivity index (χ2v) is 10.8. The summed E-state index contributed by atoms with van der Waals surface area (Å²) in [6.07, 6.45) is -0.0443. The summed E-state index contributed by atoms with van der Waals surface area (Å²) < 4.78 is 22.2. The maximum atomic E-state index is 11.6. The Hall–Kier alpha value is 0.367. The molecule has 0 rings (SSSR count). The van der Waals surface area contributed by atoms with Gasteiger partial charge in [0.2, 0.25) is 0 Å². The second-order valence-electron chi connectivity index (χ2n) is 4.13. The Morgan fingerprint density at radius 2 is 1.67 bits per heavy atom. The van der Waals surface area contributed by atoms with Crippen LogP contribution in [0.1, 0.15) is 13.8 Å². The SMILES string of the molecule is CC(C)OP(C)(=O)O[Si](C)(C)C. The molecule has 0 aromatic heterocycles. The molecule has 0 fully saturated rings. The van der Waals surface area contributed by atoms with Gasteiger partial charge in [-0.05, 0) is 33.5 Å². The maximum absolute atomic E-state index is 11.6. The molecule has 1 atom stereocenters. The second kappa shape index (κ2) is 4.05. The summed E-state index contributed by atoms with van der Waals surface area (Å²) in [5.74, 6) is 0. The highest BCUT2D eigenvalue weighted by molar-refractivity contribution is 7.54. The van der Waals surface area contributed by atoms with Gasteiger partial charge in [-0.15, -0.1) is 0 Å². The molecule has 0 aliphatic heterocycles. The number of hydrogen-bond acceptors (Lipinski definition) is 3. The van der Waals surface area contributed by atoms with E-state index in [1.807, 2.05) is 33.5 Å². The van der Waals surface area contributed by atoms with Gasteiger partial charge in [-0.3, -0.25) is 4.57 Å². The highest BCUT2D eigenvalue weighted by Gasteiger charge is 2.27. The van der Waals surface area contributed by atoms with Gasteiger partial charge in [-0.2, -0.15) is 0 Å². The fourth-order valence-electron chi connectivity index (χ4n) is 0.902. The molecular formula is C7H19O3PSi. The van der Waals surface area contributed by atoms with Crippen LogP contribution in [-0.2, 0) is 13.3 Å². The monoisotopic (exact) mass is 210 g/mol. The topological polar surface area (TPSA) is 35.5 Å². The first-order chi connectivity index (χ1) is 5.12. The smallest absolute Gasteiger partial charge is 0.318 e. The van der Waals surface area contributed by atoms with Gasteiger partial charge in [0, 0.05) is 6.66 Å². The molecule has 0 N–H and O–H groups in total. The van der Waals surface area contributed by atoms with Crippen molar-refractivity contribution < 1.29 is 13.3 Å². The number of rotatable bonds is 4. The molecule has 3 nitrogen and oxygen atoms in total. The molecule has 0 aromatic rings. The zero-order valence-corrected chi connectivity index (χ0v) is 10.6. The standard InChI is InChI=1S/C7H19O3PSi/c1-7(2)9-11(3,8)10-12(4,5)6/h7H,1-6H3. The third-order valence-corrected chi connectivity index (χ3v) is 5.16. The molecule has 0 aliphatic rings. The Morgan fingerprint density at radius 3 is 1.92 bits per heavy atom. The predicted molar refractivity (Wildman–Crippen MR) is 54.2 cm³/mol. The highest BCUT2D eigenvalue weighted by Crippen LogP contribution is 2.47. The van der Waals surface area contributed by atoms with Gasteiger partial charge < -0.3 is 8.74 Å². The zero-order valence-electron chi connectivity index (χ0n) is 8.75. The van der Waals surface area contributed by atoms with Crippen molar-refractivity contribution in [3.8, 4) is 0 Å². The first kappa shape index (κ1) is 12.4. The van der Waals surface area contributed by atoms with Crippen molar-refractivity contribution in [1.29, 1.82) is 0 Å². The molecule has 0 saturated carbocycles. The van der Waals surface area contributed by atoms with Crippen LogP contribution in [0.2, 0.25) is 19.6 Å². The van der Waals surface area contributed by atoms with E-state index in [4.69, 9.17) is 8.74 Å². The molecule has 5 heteroatoms. The lowest BCUT2D eigenvalue weighted by molar-refractivity contribution is 0.212. The van der Waals surface area contributed by atoms with E-state index in [9.17, 15) is 4.57 Å². The molecule has 0 heterocycles. The summed E-state index contributed by atoms with van der Waals surface area (Å²) in [6, 6.07) is 0. The van der Waals surface area contributed by atoms with Crippen LogP contribution in [-0.4, -0.2) is 21.1 Å². The first-order valence-corrected chi connectivity index (χ1v) is 9.49. The Bertz CT molecular complexity index is 186. The Labute approximate surface area is 76.1 Å². The van der Waals surface area contributed by atoms with E-state index in [1.165, 1.54) is 6.66 Å². The lowest BCUT2D eigenvalue weighted by atomic mass is 10.5. The van der Waals surface area contributed by atoms with Gasteiger partial charge in [0.1, 0.15) is 0 Å². The Balaban J connectivity index is 4.15. The van der Waals surface area contributed by atoms with E-state index >= 15 is 0 Å². The first-order valence-electron chi connectivity index (χ1n) is 4.09. The molecule has 1 unspecified atom stereocenters. The third kappa shape index (κ3) is 7.04. The van der Waals surface area contributed by atoms with Gasteiger partial charge in [0.15, 0.2) is 8.32 Å². The van der Waals surface area contributed by atoms with Gasteiger partial charge in [0.05, 0.1) is 6.10 Å². The molecule has 0 aromatic carbocycles. The summed E-state index contributed by atoms with van der Waals surface area (Å²) >= 11 is 0. The lowest BCUT2D eigenvalue weighted by Gasteiger charge is -2.24. The molecule has 0 aliphatic carbocycles. The molecule has 0 amide bonds. The van der Waals surface area contributed by atoms with Crippen molar-refractivity contribution in [2.24, 2.45) is 0 Å². The molecule has 0 radical (unpaired) electrons. The predicted octanol–water partition coefficient (Wildman–Crippen LogP) is 3.09. The van der Waals surface area contributed by atoms with Crippen LogP contribution in [0.4, 0.5) is 0 Å². The minimum absolute atomic E-state index is 0.0443. The van der Waals surface area contributed by atoms with Crippen molar-refractivity contribution in [3.63, 3.8) is 0 Å². The molecule has 0 saturated heterocycles. The molecule has 0 bridgehead atoms. The van der Waals surface area contributed by atoms with E-state index in [0.29, 0.717) is 0 Å². The average Bonchev–Trinajstić information content (AvgIpc) is 1.48. The summed E-state index contributed by atoms with van der Waals surface area (Å²) in [7, 11) is -4.56. The van der Waals surface area contributed by atoms with Crippen LogP contribution >= 0.6 is 7.60 Å².